The van der Waals surface area contributed by atoms with Crippen LogP contribution in [0.25, 0.3) is 0 Å². The predicted molar refractivity (Wildman–Crippen MR) is 125 cm³/mol. The maximum absolute atomic E-state index is 15.5. The van der Waals surface area contributed by atoms with E-state index in [1.54, 1.807) is 0 Å². The van der Waals surface area contributed by atoms with E-state index in [1.807, 2.05) is 6.07 Å². The van der Waals surface area contributed by atoms with E-state index < -0.39 is 23.9 Å². The van der Waals surface area contributed by atoms with Gasteiger partial charge >= 0.3 is 6.18 Å². The number of nitriles is 1. The summed E-state index contributed by atoms with van der Waals surface area (Å²) in [5.41, 5.74) is -5.09. The number of oxime groups is 1. The zero-order valence-electron chi connectivity index (χ0n) is 18.3. The standard InChI is InChI=1S/C24H16Cl3F4N3O2/c25-17-6-15(7-18(26)20(17)27)23(24(29,30)31)8-19(33-36-23)13-3-4-16(14(5-13)9-32)22(28)10-34(11-22)21(35)12-1-2-12/h3-7,12H,1-2,8,10-11H2. The van der Waals surface area contributed by atoms with Gasteiger partial charge in [-0.2, -0.15) is 18.4 Å². The molecule has 1 saturated heterocycles. The number of nitrogens with zero attached hydrogens (tertiary/aromatic N) is 3. The Bertz CT molecular complexity index is 1320. The lowest BCUT2D eigenvalue weighted by Gasteiger charge is -2.45. The minimum Gasteiger partial charge on any atom is -0.374 e. The van der Waals surface area contributed by atoms with E-state index in [1.165, 1.54) is 23.1 Å². The number of carbonyl (C=O) groups excluding carboxylic acids is 1. The summed E-state index contributed by atoms with van der Waals surface area (Å²) in [4.78, 5) is 18.6. The molecule has 5 rings (SSSR count). The molecular weight excluding hydrogens is 545 g/mol. The fraction of sp³-hybridized carbons (Fsp3) is 0.375. The third-order valence-corrected chi connectivity index (χ3v) is 7.91. The van der Waals surface area contributed by atoms with Gasteiger partial charge in [-0.05, 0) is 31.0 Å². The molecule has 0 bridgehead atoms. The summed E-state index contributed by atoms with van der Waals surface area (Å²) >= 11 is 17.8. The number of likely N-dealkylation sites (tertiary alicyclic amines) is 1. The van der Waals surface area contributed by atoms with E-state index in [9.17, 15) is 23.2 Å². The molecule has 1 aliphatic carbocycles. The van der Waals surface area contributed by atoms with Crippen LogP contribution in [-0.2, 0) is 20.9 Å². The maximum atomic E-state index is 15.5. The topological polar surface area (TPSA) is 65.7 Å². The van der Waals surface area contributed by atoms with Gasteiger partial charge in [0.1, 0.15) is 0 Å². The van der Waals surface area contributed by atoms with Crippen LogP contribution in [-0.4, -0.2) is 35.8 Å². The van der Waals surface area contributed by atoms with Crippen LogP contribution in [0.2, 0.25) is 15.1 Å². The number of halogens is 7. The van der Waals surface area contributed by atoms with E-state index in [0.29, 0.717) is 0 Å². The summed E-state index contributed by atoms with van der Waals surface area (Å²) < 4.78 is 58.4. The number of hydrogen-bond donors (Lipinski definition) is 0. The second-order valence-corrected chi connectivity index (χ2v) is 10.4. The van der Waals surface area contributed by atoms with E-state index in [0.717, 1.165) is 25.0 Å². The monoisotopic (exact) mass is 559 g/mol. The second kappa shape index (κ2) is 8.51. The zero-order chi connectivity index (χ0) is 26.0. The van der Waals surface area contributed by atoms with Crippen LogP contribution in [0, 0.1) is 17.2 Å². The van der Waals surface area contributed by atoms with Gasteiger partial charge in [0.05, 0.1) is 45.5 Å². The van der Waals surface area contributed by atoms with Crippen LogP contribution in [0.5, 0.6) is 0 Å². The fourth-order valence-corrected chi connectivity index (χ4v) is 5.12. The highest BCUT2D eigenvalue weighted by atomic mass is 35.5. The van der Waals surface area contributed by atoms with Crippen LogP contribution >= 0.6 is 34.8 Å². The molecule has 1 atom stereocenters. The molecule has 2 aliphatic heterocycles. The SMILES string of the molecule is N#Cc1cc(C2=NOC(c3cc(Cl)c(Cl)c(Cl)c3)(C(F)(F)F)C2)ccc1C1(F)CN(C(=O)C2CC2)C1. The molecule has 0 N–H and O–H groups in total. The van der Waals surface area contributed by atoms with Gasteiger partial charge in [-0.25, -0.2) is 4.39 Å². The lowest BCUT2D eigenvalue weighted by Crippen LogP contribution is -2.59. The van der Waals surface area contributed by atoms with Crippen molar-refractivity contribution in [3.8, 4) is 6.07 Å². The van der Waals surface area contributed by atoms with Gasteiger partial charge in [0.2, 0.25) is 5.91 Å². The van der Waals surface area contributed by atoms with Crippen LogP contribution in [0.15, 0.2) is 35.5 Å². The molecule has 188 valence electrons. The lowest BCUT2D eigenvalue weighted by atomic mass is 9.82. The molecule has 12 heteroatoms. The van der Waals surface area contributed by atoms with Gasteiger partial charge in [0.15, 0.2) is 5.67 Å². The Hall–Kier alpha value is -2.54. The molecule has 0 spiro atoms. The summed E-state index contributed by atoms with van der Waals surface area (Å²) in [7, 11) is 0. The number of alkyl halides is 4. The van der Waals surface area contributed by atoms with Gasteiger partial charge in [0, 0.05) is 29.0 Å². The average molecular weight is 561 g/mol. The van der Waals surface area contributed by atoms with Crippen molar-refractivity contribution in [2.24, 2.45) is 11.1 Å². The van der Waals surface area contributed by atoms with E-state index >= 15 is 4.39 Å². The molecule has 0 aromatic heterocycles. The Morgan fingerprint density at radius 2 is 1.78 bits per heavy atom. The van der Waals surface area contributed by atoms with Crippen LogP contribution in [0.4, 0.5) is 17.6 Å². The summed E-state index contributed by atoms with van der Waals surface area (Å²) in [5, 5.41) is 12.9. The molecule has 2 aromatic rings. The second-order valence-electron chi connectivity index (χ2n) is 9.19. The average Bonchev–Trinajstić information content (AvgIpc) is 3.56. The molecule has 0 radical (unpaired) electrons. The highest BCUT2D eigenvalue weighted by Crippen LogP contribution is 2.51. The van der Waals surface area contributed by atoms with Crippen molar-refractivity contribution < 1.29 is 27.2 Å². The summed E-state index contributed by atoms with van der Waals surface area (Å²) in [6.45, 7) is -0.342. The summed E-state index contributed by atoms with van der Waals surface area (Å²) in [5.74, 6) is -0.145. The quantitative estimate of drug-likeness (QED) is 0.316. The van der Waals surface area contributed by atoms with Crippen molar-refractivity contribution in [3.05, 3.63) is 67.7 Å². The highest BCUT2D eigenvalue weighted by molar-refractivity contribution is 6.48. The third kappa shape index (κ3) is 4.00. The molecule has 36 heavy (non-hydrogen) atoms. The molecule has 3 aliphatic rings. The number of benzene rings is 2. The van der Waals surface area contributed by atoms with Gasteiger partial charge in [0.25, 0.3) is 5.60 Å². The predicted octanol–water partition coefficient (Wildman–Crippen LogP) is 6.52. The van der Waals surface area contributed by atoms with Crippen molar-refractivity contribution in [2.75, 3.05) is 13.1 Å². The van der Waals surface area contributed by atoms with Crippen molar-refractivity contribution in [2.45, 2.75) is 36.7 Å². The molecular formula is C24H16Cl3F4N3O2. The normalized spacial score (nSPS) is 22.9. The Balaban J connectivity index is 1.43. The minimum atomic E-state index is -4.91. The Morgan fingerprint density at radius 3 is 2.33 bits per heavy atom. The van der Waals surface area contributed by atoms with Crippen molar-refractivity contribution in [1.29, 1.82) is 5.26 Å². The Kier molecular flexibility index (Phi) is 5.94. The van der Waals surface area contributed by atoms with Gasteiger partial charge in [-0.3, -0.25) is 4.79 Å². The first kappa shape index (κ1) is 25.1. The first-order chi connectivity index (χ1) is 16.9. The molecule has 5 nitrogen and oxygen atoms in total. The Labute approximate surface area is 218 Å². The highest BCUT2D eigenvalue weighted by Gasteiger charge is 2.62. The van der Waals surface area contributed by atoms with Crippen LogP contribution in [0.1, 0.15) is 41.5 Å². The molecule has 1 unspecified atom stereocenters. The summed E-state index contributed by atoms with van der Waals surface area (Å²) in [6.07, 6.45) is -4.06. The zero-order valence-corrected chi connectivity index (χ0v) is 20.6. The smallest absolute Gasteiger partial charge is 0.374 e. The van der Waals surface area contributed by atoms with E-state index in [2.05, 4.69) is 5.16 Å². The number of rotatable bonds is 4. The van der Waals surface area contributed by atoms with E-state index in [-0.39, 0.29) is 67.9 Å². The molecule has 2 fully saturated rings. The largest absolute Gasteiger partial charge is 0.435 e. The number of amides is 1. The van der Waals surface area contributed by atoms with Crippen molar-refractivity contribution in [3.63, 3.8) is 0 Å². The fourth-order valence-electron chi connectivity index (χ4n) is 4.53. The number of hydrogen-bond acceptors (Lipinski definition) is 4. The van der Waals surface area contributed by atoms with Gasteiger partial charge in [-0.15, -0.1) is 0 Å². The van der Waals surface area contributed by atoms with Gasteiger partial charge in [-0.1, -0.05) is 52.1 Å². The lowest BCUT2D eigenvalue weighted by molar-refractivity contribution is -0.275. The molecule has 2 heterocycles. The third-order valence-electron chi connectivity index (χ3n) is 6.71. The minimum absolute atomic E-state index is 0.0490. The first-order valence-corrected chi connectivity index (χ1v) is 12.0. The Morgan fingerprint density at radius 1 is 1.14 bits per heavy atom. The number of carbonyl (C=O) groups is 1. The van der Waals surface area contributed by atoms with Gasteiger partial charge < -0.3 is 9.74 Å². The first-order valence-electron chi connectivity index (χ1n) is 10.9. The molecule has 1 amide bonds. The molecule has 2 aromatic carbocycles. The van der Waals surface area contributed by atoms with Crippen LogP contribution in [0.3, 0.4) is 0 Å². The maximum Gasteiger partial charge on any atom is 0.435 e. The summed E-state index contributed by atoms with van der Waals surface area (Å²) in [6, 6.07) is 7.95. The van der Waals surface area contributed by atoms with Crippen molar-refractivity contribution >= 4 is 46.4 Å². The molecule has 1 saturated carbocycles. The van der Waals surface area contributed by atoms with Crippen molar-refractivity contribution in [1.82, 2.24) is 4.90 Å². The van der Waals surface area contributed by atoms with Crippen LogP contribution < -0.4 is 0 Å². The van der Waals surface area contributed by atoms with E-state index in [4.69, 9.17) is 39.6 Å².